The molecule has 4 N–H and O–H groups in total. The van der Waals surface area contributed by atoms with Crippen LogP contribution in [0.1, 0.15) is 19.8 Å². The molecule has 0 aliphatic heterocycles. The average molecular weight is 259 g/mol. The Bertz CT molecular complexity index is 488. The smallest absolute Gasteiger partial charge is 0.242 e. The standard InChI is InChI=1S/C14H17N3O2/c1-3-5-12(15)14(19)17-11-8-6-10(7-9-11)16-13(18)4-2/h1,6-9,12H,4-5,15H2,2H3,(H,16,18)(H,17,19). The van der Waals surface area contributed by atoms with E-state index in [-0.39, 0.29) is 18.2 Å². The molecule has 19 heavy (non-hydrogen) atoms. The molecule has 0 saturated heterocycles. The van der Waals surface area contributed by atoms with Gasteiger partial charge in [0.25, 0.3) is 0 Å². The van der Waals surface area contributed by atoms with Crippen molar-refractivity contribution in [3.05, 3.63) is 24.3 Å². The van der Waals surface area contributed by atoms with E-state index < -0.39 is 6.04 Å². The summed E-state index contributed by atoms with van der Waals surface area (Å²) >= 11 is 0. The zero-order valence-electron chi connectivity index (χ0n) is 10.8. The molecule has 100 valence electrons. The molecule has 0 aliphatic carbocycles. The van der Waals surface area contributed by atoms with Crippen molar-refractivity contribution in [1.29, 1.82) is 0 Å². The summed E-state index contributed by atoms with van der Waals surface area (Å²) in [6, 6.07) is 6.06. The van der Waals surface area contributed by atoms with Crippen LogP contribution in [0, 0.1) is 12.3 Å². The van der Waals surface area contributed by atoms with Crippen molar-refractivity contribution in [3.8, 4) is 12.3 Å². The molecular weight excluding hydrogens is 242 g/mol. The molecule has 0 radical (unpaired) electrons. The van der Waals surface area contributed by atoms with Gasteiger partial charge >= 0.3 is 0 Å². The third-order valence-electron chi connectivity index (χ3n) is 2.43. The lowest BCUT2D eigenvalue weighted by Crippen LogP contribution is -2.35. The van der Waals surface area contributed by atoms with Gasteiger partial charge in [-0.05, 0) is 24.3 Å². The van der Waals surface area contributed by atoms with Gasteiger partial charge in [0.05, 0.1) is 6.04 Å². The Hall–Kier alpha value is -2.32. The molecule has 1 aromatic carbocycles. The van der Waals surface area contributed by atoms with E-state index >= 15 is 0 Å². The summed E-state index contributed by atoms with van der Waals surface area (Å²) in [5.41, 5.74) is 6.86. The Kier molecular flexibility index (Phi) is 5.58. The van der Waals surface area contributed by atoms with Gasteiger partial charge in [0.2, 0.25) is 11.8 Å². The van der Waals surface area contributed by atoms with E-state index in [0.29, 0.717) is 17.8 Å². The van der Waals surface area contributed by atoms with Crippen LogP contribution in [0.4, 0.5) is 11.4 Å². The van der Waals surface area contributed by atoms with Crippen LogP contribution < -0.4 is 16.4 Å². The highest BCUT2D eigenvalue weighted by atomic mass is 16.2. The number of terminal acetylenes is 1. The molecule has 1 unspecified atom stereocenters. The maximum atomic E-state index is 11.6. The normalized spacial score (nSPS) is 11.2. The van der Waals surface area contributed by atoms with Gasteiger partial charge in [0, 0.05) is 24.2 Å². The van der Waals surface area contributed by atoms with Gasteiger partial charge in [-0.2, -0.15) is 0 Å². The van der Waals surface area contributed by atoms with Gasteiger partial charge in [-0.3, -0.25) is 9.59 Å². The fourth-order valence-electron chi connectivity index (χ4n) is 1.34. The molecule has 1 rings (SSSR count). The first kappa shape index (κ1) is 14.7. The summed E-state index contributed by atoms with van der Waals surface area (Å²) in [7, 11) is 0. The van der Waals surface area contributed by atoms with Gasteiger partial charge < -0.3 is 16.4 Å². The first-order valence-electron chi connectivity index (χ1n) is 5.96. The number of benzene rings is 1. The summed E-state index contributed by atoms with van der Waals surface area (Å²) in [5, 5.41) is 5.36. The minimum atomic E-state index is -0.718. The van der Waals surface area contributed by atoms with E-state index in [9.17, 15) is 9.59 Å². The van der Waals surface area contributed by atoms with Crippen molar-refractivity contribution in [1.82, 2.24) is 0 Å². The summed E-state index contributed by atoms with van der Waals surface area (Å²) in [6.45, 7) is 1.77. The molecule has 5 nitrogen and oxygen atoms in total. The molecule has 0 spiro atoms. The molecule has 2 amide bonds. The SMILES string of the molecule is C#CCC(N)C(=O)Nc1ccc(NC(=O)CC)cc1. The fraction of sp³-hybridized carbons (Fsp3) is 0.286. The van der Waals surface area contributed by atoms with E-state index in [2.05, 4.69) is 16.6 Å². The quantitative estimate of drug-likeness (QED) is 0.697. The molecule has 0 heterocycles. The number of nitrogens with one attached hydrogen (secondary N) is 2. The van der Waals surface area contributed by atoms with Crippen LogP contribution in [0.2, 0.25) is 0 Å². The third kappa shape index (κ3) is 4.82. The summed E-state index contributed by atoms with van der Waals surface area (Å²) in [4.78, 5) is 22.8. The van der Waals surface area contributed by atoms with Crippen LogP contribution in [-0.2, 0) is 9.59 Å². The number of hydrogen-bond acceptors (Lipinski definition) is 3. The van der Waals surface area contributed by atoms with Crippen LogP contribution in [0.5, 0.6) is 0 Å². The Balaban J connectivity index is 2.60. The lowest BCUT2D eigenvalue weighted by molar-refractivity contribution is -0.117. The zero-order valence-corrected chi connectivity index (χ0v) is 10.8. The van der Waals surface area contributed by atoms with Crippen molar-refractivity contribution in [2.24, 2.45) is 5.73 Å². The highest BCUT2D eigenvalue weighted by Crippen LogP contribution is 2.14. The third-order valence-corrected chi connectivity index (χ3v) is 2.43. The largest absolute Gasteiger partial charge is 0.326 e. The van der Waals surface area contributed by atoms with Crippen molar-refractivity contribution >= 4 is 23.2 Å². The Morgan fingerprint density at radius 1 is 1.26 bits per heavy atom. The molecule has 1 aromatic rings. The van der Waals surface area contributed by atoms with Crippen molar-refractivity contribution in [2.75, 3.05) is 10.6 Å². The van der Waals surface area contributed by atoms with Crippen LogP contribution in [0.15, 0.2) is 24.3 Å². The fourth-order valence-corrected chi connectivity index (χ4v) is 1.34. The second kappa shape index (κ2) is 7.19. The van der Waals surface area contributed by atoms with Crippen LogP contribution in [-0.4, -0.2) is 17.9 Å². The van der Waals surface area contributed by atoms with E-state index in [1.165, 1.54) is 0 Å². The van der Waals surface area contributed by atoms with Gasteiger partial charge in [-0.15, -0.1) is 12.3 Å². The van der Waals surface area contributed by atoms with Crippen molar-refractivity contribution < 1.29 is 9.59 Å². The second-order valence-electron chi connectivity index (χ2n) is 3.98. The number of hydrogen-bond donors (Lipinski definition) is 3. The maximum absolute atomic E-state index is 11.6. The average Bonchev–Trinajstić information content (AvgIpc) is 2.41. The highest BCUT2D eigenvalue weighted by molar-refractivity contribution is 5.95. The number of amides is 2. The highest BCUT2D eigenvalue weighted by Gasteiger charge is 2.11. The molecular formula is C14H17N3O2. The minimum absolute atomic E-state index is 0.0622. The maximum Gasteiger partial charge on any atom is 0.242 e. The van der Waals surface area contributed by atoms with E-state index in [4.69, 9.17) is 12.2 Å². The molecule has 0 bridgehead atoms. The van der Waals surface area contributed by atoms with E-state index in [1.54, 1.807) is 31.2 Å². The summed E-state index contributed by atoms with van der Waals surface area (Å²) < 4.78 is 0. The lowest BCUT2D eigenvalue weighted by Gasteiger charge is -2.10. The van der Waals surface area contributed by atoms with Crippen molar-refractivity contribution in [2.45, 2.75) is 25.8 Å². The predicted octanol–water partition coefficient (Wildman–Crippen LogP) is 1.32. The molecule has 0 aromatic heterocycles. The zero-order chi connectivity index (χ0) is 14.3. The number of anilines is 2. The van der Waals surface area contributed by atoms with Crippen LogP contribution in [0.25, 0.3) is 0 Å². The topological polar surface area (TPSA) is 84.2 Å². The summed E-state index contributed by atoms with van der Waals surface area (Å²) in [5.74, 6) is 1.95. The van der Waals surface area contributed by atoms with Gasteiger partial charge in [0.1, 0.15) is 0 Å². The van der Waals surface area contributed by atoms with E-state index in [1.807, 2.05) is 0 Å². The van der Waals surface area contributed by atoms with Gasteiger partial charge in [-0.1, -0.05) is 6.92 Å². The predicted molar refractivity (Wildman–Crippen MR) is 75.4 cm³/mol. The van der Waals surface area contributed by atoms with Crippen molar-refractivity contribution in [3.63, 3.8) is 0 Å². The van der Waals surface area contributed by atoms with Gasteiger partial charge in [0.15, 0.2) is 0 Å². The molecule has 0 aliphatic rings. The van der Waals surface area contributed by atoms with Crippen LogP contribution in [0.3, 0.4) is 0 Å². The first-order valence-corrected chi connectivity index (χ1v) is 5.96. The number of carbonyl (C=O) groups is 2. The minimum Gasteiger partial charge on any atom is -0.326 e. The lowest BCUT2D eigenvalue weighted by atomic mass is 10.2. The Morgan fingerprint density at radius 3 is 2.26 bits per heavy atom. The van der Waals surface area contributed by atoms with Crippen LogP contribution >= 0.6 is 0 Å². The molecule has 1 atom stereocenters. The monoisotopic (exact) mass is 259 g/mol. The van der Waals surface area contributed by atoms with Gasteiger partial charge in [-0.25, -0.2) is 0 Å². The molecule has 0 saturated carbocycles. The number of rotatable bonds is 5. The number of carbonyl (C=O) groups excluding carboxylic acids is 2. The summed E-state index contributed by atoms with van der Waals surface area (Å²) in [6.07, 6.45) is 5.70. The molecule has 0 fully saturated rings. The number of nitrogens with two attached hydrogens (primary N) is 1. The Morgan fingerprint density at radius 2 is 1.79 bits per heavy atom. The first-order chi connectivity index (χ1) is 9.06. The van der Waals surface area contributed by atoms with E-state index in [0.717, 1.165) is 0 Å². The Labute approximate surface area is 112 Å². The second-order valence-corrected chi connectivity index (χ2v) is 3.98. The molecule has 5 heteroatoms.